The first-order valence-corrected chi connectivity index (χ1v) is 13.1. The zero-order valence-corrected chi connectivity index (χ0v) is 22.4. The molecular weight excluding hydrogens is 496 g/mol. The van der Waals surface area contributed by atoms with Crippen molar-refractivity contribution in [2.75, 3.05) is 32.8 Å². The number of hydrogen-bond donors (Lipinski definition) is 4. The van der Waals surface area contributed by atoms with E-state index in [1.165, 1.54) is 18.2 Å². The molecule has 0 radical (unpaired) electrons. The van der Waals surface area contributed by atoms with Crippen LogP contribution in [-0.4, -0.2) is 76.7 Å². The van der Waals surface area contributed by atoms with Crippen LogP contribution in [0.4, 0.5) is 0 Å². The fraction of sp³-hybridized carbons (Fsp3) is 0.536. The molecule has 2 heterocycles. The molecule has 0 aromatic heterocycles. The predicted octanol–water partition coefficient (Wildman–Crippen LogP) is 3.39. The van der Waals surface area contributed by atoms with E-state index in [1.54, 1.807) is 0 Å². The van der Waals surface area contributed by atoms with E-state index in [0.29, 0.717) is 6.54 Å². The number of amides is 1. The van der Waals surface area contributed by atoms with E-state index >= 15 is 0 Å². The molecular formula is C28H37ClN2O6. The van der Waals surface area contributed by atoms with Crippen molar-refractivity contribution in [1.29, 1.82) is 0 Å². The second kappa shape index (κ2) is 11.1. The highest BCUT2D eigenvalue weighted by molar-refractivity contribution is 6.30. The average Bonchev–Trinajstić information content (AvgIpc) is 3.18. The number of ether oxygens (including phenoxy) is 2. The van der Waals surface area contributed by atoms with E-state index in [9.17, 15) is 20.1 Å². The number of carbonyl (C=O) groups excluding carboxylic acids is 1. The summed E-state index contributed by atoms with van der Waals surface area (Å²) >= 11 is 6.14. The summed E-state index contributed by atoms with van der Waals surface area (Å²) in [5.41, 5.74) is 0.818. The van der Waals surface area contributed by atoms with Crippen LogP contribution in [-0.2, 0) is 6.42 Å². The monoisotopic (exact) mass is 532 g/mol. The lowest BCUT2D eigenvalue weighted by molar-refractivity contribution is -0.00201. The summed E-state index contributed by atoms with van der Waals surface area (Å²) in [6.07, 6.45) is 1.76. The number of rotatable bonds is 8. The van der Waals surface area contributed by atoms with Crippen LogP contribution < -0.4 is 14.8 Å². The minimum atomic E-state index is -0.785. The number of carbonyl (C=O) groups is 1. The Bertz CT molecular complexity index is 1110. The maximum atomic E-state index is 12.9. The predicted molar refractivity (Wildman–Crippen MR) is 142 cm³/mol. The van der Waals surface area contributed by atoms with Crippen LogP contribution in [0, 0.1) is 5.41 Å². The van der Waals surface area contributed by atoms with Crippen molar-refractivity contribution >= 4 is 17.5 Å². The van der Waals surface area contributed by atoms with E-state index in [0.717, 1.165) is 48.7 Å². The second-order valence-corrected chi connectivity index (χ2v) is 11.7. The molecule has 2 aliphatic heterocycles. The summed E-state index contributed by atoms with van der Waals surface area (Å²) in [6, 6.07) is 9.54. The molecule has 202 valence electrons. The summed E-state index contributed by atoms with van der Waals surface area (Å²) in [4.78, 5) is 15.1. The van der Waals surface area contributed by atoms with Crippen molar-refractivity contribution in [2.45, 2.75) is 57.8 Å². The Morgan fingerprint density at radius 3 is 2.62 bits per heavy atom. The van der Waals surface area contributed by atoms with Crippen molar-refractivity contribution in [2.24, 2.45) is 5.41 Å². The van der Waals surface area contributed by atoms with E-state index in [4.69, 9.17) is 21.1 Å². The number of benzene rings is 2. The zero-order chi connectivity index (χ0) is 26.8. The quantitative estimate of drug-likeness (QED) is 0.412. The molecule has 2 aromatic carbocycles. The van der Waals surface area contributed by atoms with Gasteiger partial charge in [0.2, 0.25) is 0 Å². The third kappa shape index (κ3) is 6.68. The summed E-state index contributed by atoms with van der Waals surface area (Å²) in [5, 5.41) is 33.9. The molecule has 2 atom stereocenters. The first-order valence-electron chi connectivity index (χ1n) is 12.7. The molecule has 1 unspecified atom stereocenters. The van der Waals surface area contributed by atoms with Crippen LogP contribution in [0.1, 0.15) is 49.5 Å². The van der Waals surface area contributed by atoms with E-state index in [-0.39, 0.29) is 41.3 Å². The summed E-state index contributed by atoms with van der Waals surface area (Å²) in [6.45, 7) is 7.53. The maximum Gasteiger partial charge on any atom is 0.255 e. The van der Waals surface area contributed by atoms with Gasteiger partial charge in [-0.1, -0.05) is 32.4 Å². The highest BCUT2D eigenvalue weighted by Gasteiger charge is 2.42. The van der Waals surface area contributed by atoms with Crippen molar-refractivity contribution in [1.82, 2.24) is 10.2 Å². The summed E-state index contributed by atoms with van der Waals surface area (Å²) < 4.78 is 12.1. The van der Waals surface area contributed by atoms with Crippen LogP contribution in [0.25, 0.3) is 0 Å². The minimum absolute atomic E-state index is 0.0332. The second-order valence-electron chi connectivity index (χ2n) is 11.2. The minimum Gasteiger partial charge on any atom is -0.508 e. The lowest BCUT2D eigenvalue weighted by atomic mass is 9.87. The standard InChI is InChI=1S/C28H37ClN2O6/c1-27(2,3)25(16-32)30-26(35)22-6-5-20(33)13-24(22)36-17-21(34)15-31-10-8-28(9-11-31)14-18-12-19(29)4-7-23(18)37-28/h4-7,12-13,21,25,32-34H,8-11,14-17H2,1-3H3,(H,30,35)/t21-,25?/m1/s1. The topological polar surface area (TPSA) is 111 Å². The average molecular weight is 533 g/mol. The first kappa shape index (κ1) is 27.5. The number of aliphatic hydroxyl groups is 2. The molecule has 4 N–H and O–H groups in total. The Balaban J connectivity index is 1.30. The number of nitrogens with one attached hydrogen (secondary N) is 1. The first-order chi connectivity index (χ1) is 17.5. The number of aliphatic hydroxyl groups excluding tert-OH is 2. The number of piperidine rings is 1. The number of halogens is 1. The number of β-amino-alcohol motifs (C(OH)–C–C–N with tert-alkyl or cyclic N) is 1. The fourth-order valence-electron chi connectivity index (χ4n) is 4.95. The van der Waals surface area contributed by atoms with Crippen LogP contribution in [0.5, 0.6) is 17.2 Å². The van der Waals surface area contributed by atoms with Crippen molar-refractivity contribution in [3.05, 3.63) is 52.5 Å². The number of phenols is 1. The molecule has 1 spiro atoms. The number of hydrogen-bond acceptors (Lipinski definition) is 7. The third-order valence-electron chi connectivity index (χ3n) is 7.27. The van der Waals surface area contributed by atoms with Gasteiger partial charge < -0.3 is 35.0 Å². The van der Waals surface area contributed by atoms with Crippen LogP contribution in [0.15, 0.2) is 36.4 Å². The van der Waals surface area contributed by atoms with Crippen molar-refractivity contribution in [3.8, 4) is 17.2 Å². The molecule has 1 amide bonds. The Kier molecular flexibility index (Phi) is 8.23. The number of fused-ring (bicyclic) bond motifs is 1. The molecule has 1 fully saturated rings. The molecule has 0 aliphatic carbocycles. The van der Waals surface area contributed by atoms with Gasteiger partial charge in [-0.3, -0.25) is 4.79 Å². The zero-order valence-electron chi connectivity index (χ0n) is 21.7. The highest BCUT2D eigenvalue weighted by atomic mass is 35.5. The van der Waals surface area contributed by atoms with Gasteiger partial charge >= 0.3 is 0 Å². The lowest BCUT2D eigenvalue weighted by Gasteiger charge is -2.39. The molecule has 8 nitrogen and oxygen atoms in total. The number of nitrogens with zero attached hydrogens (tertiary/aromatic N) is 1. The molecule has 2 aliphatic rings. The molecule has 1 saturated heterocycles. The number of likely N-dealkylation sites (tertiary alicyclic amines) is 1. The van der Waals surface area contributed by atoms with Gasteiger partial charge in [0.15, 0.2) is 0 Å². The molecule has 0 saturated carbocycles. The Labute approximate surface area is 223 Å². The van der Waals surface area contributed by atoms with E-state index < -0.39 is 18.1 Å². The van der Waals surface area contributed by atoms with Crippen LogP contribution in [0.3, 0.4) is 0 Å². The van der Waals surface area contributed by atoms with Gasteiger partial charge in [0, 0.05) is 50.0 Å². The van der Waals surface area contributed by atoms with Gasteiger partial charge in [-0.05, 0) is 41.3 Å². The highest BCUT2D eigenvalue weighted by Crippen LogP contribution is 2.42. The van der Waals surface area contributed by atoms with Gasteiger partial charge in [0.1, 0.15) is 35.6 Å². The number of aromatic hydroxyl groups is 1. The third-order valence-corrected chi connectivity index (χ3v) is 7.51. The van der Waals surface area contributed by atoms with Gasteiger partial charge in [-0.15, -0.1) is 0 Å². The Morgan fingerprint density at radius 2 is 1.95 bits per heavy atom. The Morgan fingerprint density at radius 1 is 1.22 bits per heavy atom. The molecule has 37 heavy (non-hydrogen) atoms. The molecule has 9 heteroatoms. The molecule has 4 rings (SSSR count). The molecule has 2 aromatic rings. The van der Waals surface area contributed by atoms with Gasteiger partial charge in [-0.25, -0.2) is 0 Å². The van der Waals surface area contributed by atoms with Gasteiger partial charge in [0.25, 0.3) is 5.91 Å². The van der Waals surface area contributed by atoms with E-state index in [2.05, 4.69) is 10.2 Å². The van der Waals surface area contributed by atoms with E-state index in [1.807, 2.05) is 39.0 Å². The van der Waals surface area contributed by atoms with Crippen molar-refractivity contribution in [3.63, 3.8) is 0 Å². The van der Waals surface area contributed by atoms with Crippen LogP contribution in [0.2, 0.25) is 5.02 Å². The number of phenolic OH excluding ortho intramolecular Hbond substituents is 1. The van der Waals surface area contributed by atoms with Gasteiger partial charge in [0.05, 0.1) is 18.2 Å². The fourth-order valence-corrected chi connectivity index (χ4v) is 5.15. The van der Waals surface area contributed by atoms with Crippen LogP contribution >= 0.6 is 11.6 Å². The largest absolute Gasteiger partial charge is 0.508 e. The van der Waals surface area contributed by atoms with Gasteiger partial charge in [-0.2, -0.15) is 0 Å². The normalized spacial score (nSPS) is 18.6. The lowest BCUT2D eigenvalue weighted by Crippen LogP contribution is -2.49. The molecule has 0 bridgehead atoms. The summed E-state index contributed by atoms with van der Waals surface area (Å²) in [5.74, 6) is 0.620. The smallest absolute Gasteiger partial charge is 0.255 e. The van der Waals surface area contributed by atoms with Crippen molar-refractivity contribution < 1.29 is 29.6 Å². The SMILES string of the molecule is CC(C)(C)C(CO)NC(=O)c1ccc(O)cc1OC[C@H](O)CN1CCC2(CC1)Cc1cc(Cl)ccc1O2. The summed E-state index contributed by atoms with van der Waals surface area (Å²) in [7, 11) is 0. The Hall–Kier alpha value is -2.52. The maximum absolute atomic E-state index is 12.9.